The molecule has 23 heavy (non-hydrogen) atoms. The van der Waals surface area contributed by atoms with Gasteiger partial charge in [0, 0.05) is 19.3 Å². The highest BCUT2D eigenvalue weighted by Gasteiger charge is 2.29. The summed E-state index contributed by atoms with van der Waals surface area (Å²) in [5.74, 6) is -0.141. The van der Waals surface area contributed by atoms with Crippen molar-refractivity contribution in [1.29, 1.82) is 0 Å². The van der Waals surface area contributed by atoms with Crippen molar-refractivity contribution in [2.24, 2.45) is 0 Å². The minimum absolute atomic E-state index is 0.0281. The van der Waals surface area contributed by atoms with Gasteiger partial charge < -0.3 is 25.1 Å². The second-order valence-electron chi connectivity index (χ2n) is 6.05. The molecule has 0 saturated carbocycles. The molecule has 1 aliphatic heterocycles. The number of piperidine rings is 1. The lowest BCUT2D eigenvalue weighted by Gasteiger charge is -2.33. The molecular weight excluding hydrogens is 318 g/mol. The summed E-state index contributed by atoms with van der Waals surface area (Å²) in [5.41, 5.74) is 2.11. The molecule has 0 radical (unpaired) electrons. The Morgan fingerprint density at radius 2 is 2.22 bits per heavy atom. The Balaban J connectivity index is 2.00. The van der Waals surface area contributed by atoms with Crippen LogP contribution in [0.3, 0.4) is 0 Å². The Kier molecular flexibility index (Phi) is 6.47. The van der Waals surface area contributed by atoms with E-state index in [0.29, 0.717) is 23.9 Å². The van der Waals surface area contributed by atoms with E-state index in [1.807, 2.05) is 20.8 Å². The molecule has 0 bridgehead atoms. The number of H-pyrrole nitrogens is 1. The summed E-state index contributed by atoms with van der Waals surface area (Å²) in [6.45, 7) is 7.73. The number of methoxy groups -OCH3 is 1. The number of aromatic amines is 1. The van der Waals surface area contributed by atoms with E-state index in [-0.39, 0.29) is 24.2 Å². The molecule has 2 heterocycles. The van der Waals surface area contributed by atoms with Crippen LogP contribution in [0.4, 0.5) is 0 Å². The van der Waals surface area contributed by atoms with Gasteiger partial charge in [-0.2, -0.15) is 0 Å². The zero-order chi connectivity index (χ0) is 17.0. The van der Waals surface area contributed by atoms with Crippen LogP contribution in [0.2, 0.25) is 5.02 Å². The number of ether oxygens (including phenoxy) is 2. The van der Waals surface area contributed by atoms with Gasteiger partial charge in [-0.25, -0.2) is 0 Å². The minimum atomic E-state index is -0.141. The van der Waals surface area contributed by atoms with Crippen molar-refractivity contribution in [1.82, 2.24) is 15.6 Å². The van der Waals surface area contributed by atoms with Crippen molar-refractivity contribution in [3.8, 4) is 0 Å². The van der Waals surface area contributed by atoms with Gasteiger partial charge in [0.1, 0.15) is 5.69 Å². The molecular formula is C16H26ClN3O3. The molecule has 1 amide bonds. The molecule has 1 unspecified atom stereocenters. The quantitative estimate of drug-likeness (QED) is 0.736. The van der Waals surface area contributed by atoms with Crippen molar-refractivity contribution in [3.05, 3.63) is 22.0 Å². The fourth-order valence-electron chi connectivity index (χ4n) is 2.69. The first kappa shape index (κ1) is 18.3. The summed E-state index contributed by atoms with van der Waals surface area (Å²) in [5, 5.41) is 6.99. The van der Waals surface area contributed by atoms with Crippen LogP contribution in [-0.4, -0.2) is 55.9 Å². The zero-order valence-corrected chi connectivity index (χ0v) is 14.9. The van der Waals surface area contributed by atoms with E-state index in [9.17, 15) is 4.79 Å². The highest BCUT2D eigenvalue weighted by molar-refractivity contribution is 6.32. The maximum atomic E-state index is 12.5. The maximum absolute atomic E-state index is 12.5. The number of aryl methyl sites for hydroxylation is 1. The lowest BCUT2D eigenvalue weighted by Crippen LogP contribution is -2.54. The van der Waals surface area contributed by atoms with Gasteiger partial charge in [-0.15, -0.1) is 0 Å². The van der Waals surface area contributed by atoms with Gasteiger partial charge >= 0.3 is 0 Å². The summed E-state index contributed by atoms with van der Waals surface area (Å²) in [7, 11) is 1.66. The molecule has 1 aromatic heterocycles. The normalized spacial score (nSPS) is 22.8. The van der Waals surface area contributed by atoms with E-state index >= 15 is 0 Å². The van der Waals surface area contributed by atoms with Crippen LogP contribution in [0.1, 0.15) is 35.1 Å². The highest BCUT2D eigenvalue weighted by atomic mass is 35.5. The lowest BCUT2D eigenvalue weighted by molar-refractivity contribution is -0.0384. The fourth-order valence-corrected chi connectivity index (χ4v) is 2.83. The molecule has 2 rings (SSSR count). The van der Waals surface area contributed by atoms with Gasteiger partial charge in [0.15, 0.2) is 0 Å². The van der Waals surface area contributed by atoms with E-state index in [0.717, 1.165) is 24.2 Å². The second kappa shape index (κ2) is 8.15. The van der Waals surface area contributed by atoms with Gasteiger partial charge in [-0.1, -0.05) is 11.6 Å². The van der Waals surface area contributed by atoms with Crippen LogP contribution >= 0.6 is 11.6 Å². The monoisotopic (exact) mass is 343 g/mol. The molecule has 3 atom stereocenters. The first-order valence-electron chi connectivity index (χ1n) is 7.94. The van der Waals surface area contributed by atoms with Gasteiger partial charge in [0.05, 0.1) is 29.9 Å². The molecule has 1 fully saturated rings. The first-order valence-corrected chi connectivity index (χ1v) is 8.32. The van der Waals surface area contributed by atoms with Crippen LogP contribution < -0.4 is 10.6 Å². The van der Waals surface area contributed by atoms with Gasteiger partial charge in [0.2, 0.25) is 0 Å². The average molecular weight is 344 g/mol. The van der Waals surface area contributed by atoms with Crippen molar-refractivity contribution in [3.63, 3.8) is 0 Å². The van der Waals surface area contributed by atoms with Crippen LogP contribution in [-0.2, 0) is 9.47 Å². The number of hydrogen-bond acceptors (Lipinski definition) is 4. The summed E-state index contributed by atoms with van der Waals surface area (Å²) in [4.78, 5) is 15.6. The number of halogens is 1. The van der Waals surface area contributed by atoms with Gasteiger partial charge in [0.25, 0.3) is 5.91 Å². The predicted octanol–water partition coefficient (Wildman–Crippen LogP) is 1.80. The molecule has 0 aromatic carbocycles. The van der Waals surface area contributed by atoms with Crippen molar-refractivity contribution in [2.75, 3.05) is 26.8 Å². The SMILES string of the molecule is COC(C)CO[C@H]1CNCC[C@H]1NC(=O)c1[nH]c(C)c(Cl)c1C. The second-order valence-corrected chi connectivity index (χ2v) is 6.43. The minimum Gasteiger partial charge on any atom is -0.379 e. The van der Waals surface area contributed by atoms with Crippen molar-refractivity contribution >= 4 is 17.5 Å². The number of hydrogen-bond donors (Lipinski definition) is 3. The molecule has 0 aliphatic carbocycles. The largest absolute Gasteiger partial charge is 0.379 e. The van der Waals surface area contributed by atoms with E-state index in [1.54, 1.807) is 7.11 Å². The molecule has 130 valence electrons. The van der Waals surface area contributed by atoms with E-state index in [4.69, 9.17) is 21.1 Å². The Labute approximate surface area is 142 Å². The number of rotatable bonds is 6. The molecule has 0 spiro atoms. The topological polar surface area (TPSA) is 75.4 Å². The Bertz CT molecular complexity index is 547. The van der Waals surface area contributed by atoms with Crippen LogP contribution in [0.25, 0.3) is 0 Å². The highest BCUT2D eigenvalue weighted by Crippen LogP contribution is 2.23. The van der Waals surface area contributed by atoms with Crippen LogP contribution in [0, 0.1) is 13.8 Å². The standard InChI is InChI=1S/C16H26ClN3O3/c1-9(22-4)8-23-13-7-18-6-5-12(13)20-16(21)15-10(2)14(17)11(3)19-15/h9,12-13,18-19H,5-8H2,1-4H3,(H,20,21)/t9?,12-,13+/m1/s1. The molecule has 1 aliphatic rings. The average Bonchev–Trinajstić information content (AvgIpc) is 2.81. The molecule has 6 nitrogen and oxygen atoms in total. The van der Waals surface area contributed by atoms with E-state index < -0.39 is 0 Å². The van der Waals surface area contributed by atoms with E-state index in [1.165, 1.54) is 0 Å². The number of carbonyl (C=O) groups excluding carboxylic acids is 1. The number of aromatic nitrogens is 1. The predicted molar refractivity (Wildman–Crippen MR) is 90.2 cm³/mol. The summed E-state index contributed by atoms with van der Waals surface area (Å²) in [6, 6.07) is -0.0328. The summed E-state index contributed by atoms with van der Waals surface area (Å²) in [6.07, 6.45) is 0.780. The Hall–Kier alpha value is -1.08. The van der Waals surface area contributed by atoms with Crippen molar-refractivity contribution in [2.45, 2.75) is 45.4 Å². The zero-order valence-electron chi connectivity index (χ0n) is 14.2. The first-order chi connectivity index (χ1) is 10.9. The van der Waals surface area contributed by atoms with Crippen LogP contribution in [0.5, 0.6) is 0 Å². The third-order valence-corrected chi connectivity index (χ3v) is 4.83. The molecule has 7 heteroatoms. The fraction of sp³-hybridized carbons (Fsp3) is 0.688. The molecule has 3 N–H and O–H groups in total. The smallest absolute Gasteiger partial charge is 0.268 e. The van der Waals surface area contributed by atoms with E-state index in [2.05, 4.69) is 15.6 Å². The Morgan fingerprint density at radius 3 is 2.83 bits per heavy atom. The maximum Gasteiger partial charge on any atom is 0.268 e. The number of nitrogens with one attached hydrogen (secondary N) is 3. The number of carbonyl (C=O) groups is 1. The van der Waals surface area contributed by atoms with Crippen molar-refractivity contribution < 1.29 is 14.3 Å². The molecule has 1 saturated heterocycles. The summed E-state index contributed by atoms with van der Waals surface area (Å²) >= 11 is 6.15. The van der Waals surface area contributed by atoms with Gasteiger partial charge in [-0.3, -0.25) is 4.79 Å². The third-order valence-electron chi connectivity index (χ3n) is 4.26. The summed E-state index contributed by atoms with van der Waals surface area (Å²) < 4.78 is 11.1. The van der Waals surface area contributed by atoms with Gasteiger partial charge in [-0.05, 0) is 39.3 Å². The molecule has 1 aromatic rings. The number of amides is 1. The lowest BCUT2D eigenvalue weighted by atomic mass is 10.0. The Morgan fingerprint density at radius 1 is 1.48 bits per heavy atom. The third kappa shape index (κ3) is 4.47. The van der Waals surface area contributed by atoms with Crippen LogP contribution in [0.15, 0.2) is 0 Å².